The van der Waals surface area contributed by atoms with Gasteiger partial charge in [0.2, 0.25) is 0 Å². The average molecular weight is 403 g/mol. The van der Waals surface area contributed by atoms with Crippen LogP contribution in [-0.4, -0.2) is 48.5 Å². The van der Waals surface area contributed by atoms with Gasteiger partial charge < -0.3 is 20.1 Å². The molecule has 0 bridgehead atoms. The molecule has 2 atom stereocenters. The first-order valence-corrected chi connectivity index (χ1v) is 10.5. The van der Waals surface area contributed by atoms with Crippen LogP contribution in [0.15, 0.2) is 34.9 Å². The zero-order valence-electron chi connectivity index (χ0n) is 16.4. The van der Waals surface area contributed by atoms with Gasteiger partial charge in [-0.3, -0.25) is 4.79 Å². The Morgan fingerprint density at radius 1 is 1.25 bits per heavy atom. The lowest BCUT2D eigenvalue weighted by Crippen LogP contribution is -2.51. The summed E-state index contributed by atoms with van der Waals surface area (Å²) in [6.45, 7) is 5.95. The van der Waals surface area contributed by atoms with Gasteiger partial charge in [0.25, 0.3) is 5.91 Å². The number of carbonyl (C=O) groups excluding carboxylic acids is 1. The number of carboxylic acid groups (broad SMARTS) is 1. The Hall–Kier alpha value is -1.99. The number of methoxy groups -OCH3 is 1. The van der Waals surface area contributed by atoms with Crippen molar-refractivity contribution in [3.05, 3.63) is 40.4 Å². The zero-order chi connectivity index (χ0) is 20.1. The summed E-state index contributed by atoms with van der Waals surface area (Å²) in [5.41, 5.74) is 1.90. The van der Waals surface area contributed by atoms with Gasteiger partial charge in [0.15, 0.2) is 0 Å². The number of fused-ring (bicyclic) bond motifs is 1. The van der Waals surface area contributed by atoms with Crippen molar-refractivity contribution in [2.45, 2.75) is 38.0 Å². The van der Waals surface area contributed by atoms with Gasteiger partial charge in [0.1, 0.15) is 0 Å². The molecule has 0 radical (unpaired) electrons. The van der Waals surface area contributed by atoms with E-state index in [4.69, 9.17) is 4.74 Å². The van der Waals surface area contributed by atoms with Crippen LogP contribution in [0.1, 0.15) is 37.0 Å². The Bertz CT molecular complexity index is 827. The van der Waals surface area contributed by atoms with Gasteiger partial charge in [-0.05, 0) is 42.5 Å². The third-order valence-corrected chi connectivity index (χ3v) is 7.61. The topological polar surface area (TPSA) is 78.9 Å². The van der Waals surface area contributed by atoms with Crippen molar-refractivity contribution in [1.82, 2.24) is 5.32 Å². The highest BCUT2D eigenvalue weighted by atomic mass is 32.2. The highest BCUT2D eigenvalue weighted by Crippen LogP contribution is 2.57. The van der Waals surface area contributed by atoms with E-state index in [1.807, 2.05) is 12.1 Å². The van der Waals surface area contributed by atoms with Gasteiger partial charge in [-0.1, -0.05) is 13.8 Å². The second-order valence-corrected chi connectivity index (χ2v) is 9.72. The quantitative estimate of drug-likeness (QED) is 0.788. The highest BCUT2D eigenvalue weighted by Gasteiger charge is 2.51. The maximum Gasteiger partial charge on any atom is 0.334 e. The molecular weight excluding hydrogens is 376 g/mol. The van der Waals surface area contributed by atoms with Crippen molar-refractivity contribution in [1.29, 1.82) is 0 Å². The molecule has 1 amide bonds. The molecule has 1 aliphatic carbocycles. The number of carbonyl (C=O) groups is 2. The smallest absolute Gasteiger partial charge is 0.334 e. The second-order valence-electron chi connectivity index (χ2n) is 8.47. The maximum absolute atomic E-state index is 12.7. The SMILES string of the molecule is COC1CN(c2ccc(C(=O)NC3=C(C(=O)O)C4C(CCC4(C)C)S3)cc2)C1. The minimum Gasteiger partial charge on any atom is -0.478 e. The van der Waals surface area contributed by atoms with Crippen LogP contribution in [0.5, 0.6) is 0 Å². The molecule has 28 heavy (non-hydrogen) atoms. The Balaban J connectivity index is 1.48. The number of hydrogen-bond acceptors (Lipinski definition) is 5. The number of carboxylic acids is 1. The molecule has 7 heteroatoms. The van der Waals surface area contributed by atoms with E-state index in [0.29, 0.717) is 16.2 Å². The van der Waals surface area contributed by atoms with Crippen LogP contribution in [0.25, 0.3) is 0 Å². The summed E-state index contributed by atoms with van der Waals surface area (Å²) in [6.07, 6.45) is 2.26. The fourth-order valence-corrected chi connectivity index (χ4v) is 6.20. The molecule has 0 aromatic heterocycles. The molecule has 6 nitrogen and oxygen atoms in total. The van der Waals surface area contributed by atoms with Gasteiger partial charge >= 0.3 is 5.97 Å². The molecule has 1 aromatic rings. The van der Waals surface area contributed by atoms with E-state index >= 15 is 0 Å². The van der Waals surface area contributed by atoms with Crippen molar-refractivity contribution in [2.24, 2.45) is 11.3 Å². The van der Waals surface area contributed by atoms with Crippen LogP contribution in [0.2, 0.25) is 0 Å². The molecule has 150 valence electrons. The van der Waals surface area contributed by atoms with E-state index < -0.39 is 5.97 Å². The van der Waals surface area contributed by atoms with E-state index in [0.717, 1.165) is 31.6 Å². The monoisotopic (exact) mass is 402 g/mol. The zero-order valence-corrected chi connectivity index (χ0v) is 17.2. The first kappa shape index (κ1) is 19.3. The van der Waals surface area contributed by atoms with Crippen LogP contribution >= 0.6 is 11.8 Å². The molecule has 1 saturated heterocycles. The third-order valence-electron chi connectivity index (χ3n) is 6.25. The van der Waals surface area contributed by atoms with Crippen LogP contribution in [0.4, 0.5) is 5.69 Å². The van der Waals surface area contributed by atoms with E-state index in [9.17, 15) is 14.7 Å². The van der Waals surface area contributed by atoms with Crippen molar-refractivity contribution in [3.63, 3.8) is 0 Å². The number of nitrogens with one attached hydrogen (secondary N) is 1. The summed E-state index contributed by atoms with van der Waals surface area (Å²) in [5.74, 6) is -1.21. The molecule has 0 spiro atoms. The van der Waals surface area contributed by atoms with E-state index in [1.54, 1.807) is 19.2 Å². The first-order chi connectivity index (χ1) is 13.3. The maximum atomic E-state index is 12.7. The number of benzene rings is 1. The number of rotatable bonds is 5. The molecule has 4 rings (SSSR count). The molecule has 2 aliphatic heterocycles. The first-order valence-electron chi connectivity index (χ1n) is 9.63. The fraction of sp³-hybridized carbons (Fsp3) is 0.524. The lowest BCUT2D eigenvalue weighted by atomic mass is 9.77. The van der Waals surface area contributed by atoms with Crippen molar-refractivity contribution in [2.75, 3.05) is 25.1 Å². The Kier molecular flexibility index (Phi) is 4.91. The highest BCUT2D eigenvalue weighted by molar-refractivity contribution is 8.04. The molecule has 1 saturated carbocycles. The number of aliphatic carboxylic acids is 1. The summed E-state index contributed by atoms with van der Waals surface area (Å²) in [5, 5.41) is 13.4. The summed E-state index contributed by atoms with van der Waals surface area (Å²) >= 11 is 1.51. The Morgan fingerprint density at radius 2 is 1.93 bits per heavy atom. The molecular formula is C21H26N2O4S. The number of amides is 1. The van der Waals surface area contributed by atoms with Crippen LogP contribution in [-0.2, 0) is 9.53 Å². The average Bonchev–Trinajstić information content (AvgIpc) is 3.12. The lowest BCUT2D eigenvalue weighted by Gasteiger charge is -2.40. The van der Waals surface area contributed by atoms with Gasteiger partial charge in [-0.15, -0.1) is 11.8 Å². The summed E-state index contributed by atoms with van der Waals surface area (Å²) in [4.78, 5) is 26.9. The molecule has 2 N–H and O–H groups in total. The van der Waals surface area contributed by atoms with Crippen LogP contribution in [0, 0.1) is 11.3 Å². The molecule has 2 unspecified atom stereocenters. The standard InChI is InChI=1S/C21H26N2O4S/c1-21(2)9-8-15-17(21)16(20(25)26)19(28-15)22-18(24)12-4-6-13(7-5-12)23-10-14(11-23)27-3/h4-7,14-15,17H,8-11H2,1-3H3,(H,22,24)(H,25,26). The van der Waals surface area contributed by atoms with Gasteiger partial charge in [-0.2, -0.15) is 0 Å². The Labute approximate surface area is 169 Å². The number of anilines is 1. The van der Waals surface area contributed by atoms with Crippen molar-refractivity contribution < 1.29 is 19.4 Å². The van der Waals surface area contributed by atoms with E-state index in [1.165, 1.54) is 11.8 Å². The summed E-state index contributed by atoms with van der Waals surface area (Å²) in [6, 6.07) is 7.42. The molecule has 2 heterocycles. The van der Waals surface area contributed by atoms with E-state index in [-0.39, 0.29) is 28.6 Å². The van der Waals surface area contributed by atoms with Crippen LogP contribution < -0.4 is 10.2 Å². The normalized spacial score (nSPS) is 26.2. The number of nitrogens with zero attached hydrogens (tertiary/aromatic N) is 1. The second kappa shape index (κ2) is 7.12. The number of thioether (sulfide) groups is 1. The fourth-order valence-electron chi connectivity index (χ4n) is 4.52. The largest absolute Gasteiger partial charge is 0.478 e. The minimum absolute atomic E-state index is 0.0205. The minimum atomic E-state index is -0.925. The molecule has 3 aliphatic rings. The van der Waals surface area contributed by atoms with Crippen LogP contribution in [0.3, 0.4) is 0 Å². The summed E-state index contributed by atoms with van der Waals surface area (Å²) < 4.78 is 5.29. The molecule has 1 aromatic carbocycles. The lowest BCUT2D eigenvalue weighted by molar-refractivity contribution is -0.133. The predicted molar refractivity (Wildman–Crippen MR) is 109 cm³/mol. The van der Waals surface area contributed by atoms with E-state index in [2.05, 4.69) is 24.1 Å². The van der Waals surface area contributed by atoms with Crippen molar-refractivity contribution >= 4 is 29.3 Å². The number of hydrogen-bond donors (Lipinski definition) is 2. The van der Waals surface area contributed by atoms with Gasteiger partial charge in [-0.25, -0.2) is 4.79 Å². The third kappa shape index (κ3) is 3.31. The Morgan fingerprint density at radius 3 is 2.54 bits per heavy atom. The molecule has 2 fully saturated rings. The predicted octanol–water partition coefficient (Wildman–Crippen LogP) is 3.10. The van der Waals surface area contributed by atoms with Gasteiger partial charge in [0, 0.05) is 42.6 Å². The van der Waals surface area contributed by atoms with Crippen molar-refractivity contribution in [3.8, 4) is 0 Å². The number of ether oxygens (including phenoxy) is 1. The summed E-state index contributed by atoms with van der Waals surface area (Å²) in [7, 11) is 1.71. The van der Waals surface area contributed by atoms with Gasteiger partial charge in [0.05, 0.1) is 16.7 Å².